The fraction of sp³-hybridized carbons (Fsp3) is 0.194. The molecule has 0 aliphatic heterocycles. The summed E-state index contributed by atoms with van der Waals surface area (Å²) >= 11 is 1.67. The Labute approximate surface area is 223 Å². The molecule has 4 aromatic carbocycles. The van der Waals surface area contributed by atoms with Crippen LogP contribution < -0.4 is 5.46 Å². The highest BCUT2D eigenvalue weighted by atomic mass is 32.1. The molecule has 0 spiro atoms. The van der Waals surface area contributed by atoms with Crippen LogP contribution in [0.5, 0.6) is 0 Å². The highest BCUT2D eigenvalue weighted by molar-refractivity contribution is 7.21. The second-order valence-corrected chi connectivity index (χ2v) is 11.9. The van der Waals surface area contributed by atoms with Crippen molar-refractivity contribution in [1.82, 2.24) is 4.98 Å². The van der Waals surface area contributed by atoms with Crippen LogP contribution in [0.3, 0.4) is 0 Å². The van der Waals surface area contributed by atoms with Gasteiger partial charge in [0.1, 0.15) is 27.3 Å². The van der Waals surface area contributed by atoms with E-state index >= 15 is 0 Å². The lowest BCUT2D eigenvalue weighted by Gasteiger charge is -2.37. The summed E-state index contributed by atoms with van der Waals surface area (Å²) in [7, 11) is 0.369. The fourth-order valence-electron chi connectivity index (χ4n) is 4.86. The Hall–Kier alpha value is -3.65. The number of hydrogen-bond acceptors (Lipinski definition) is 6. The zero-order valence-corrected chi connectivity index (χ0v) is 22.5. The fourth-order valence-corrected chi connectivity index (χ4v) is 5.84. The van der Waals surface area contributed by atoms with Crippen LogP contribution in [0.2, 0.25) is 0 Å². The molecule has 0 unspecified atom stereocenters. The summed E-state index contributed by atoms with van der Waals surface area (Å²) in [6.07, 6.45) is 0. The van der Waals surface area contributed by atoms with E-state index in [0.29, 0.717) is 7.48 Å². The smallest absolute Gasteiger partial charge is 0.310 e. The molecule has 0 aliphatic carbocycles. The van der Waals surface area contributed by atoms with Crippen molar-refractivity contribution >= 4 is 78.4 Å². The molecule has 0 saturated heterocycles. The van der Waals surface area contributed by atoms with Crippen LogP contribution in [0, 0.1) is 0 Å². The number of thiazole rings is 1. The molecule has 188 valence electrons. The standard InChI is InChI=1S/C31H26BNO4S/c1-30(2,34)31(3,4)37-32-21-9-7-11-25-28(21)20-15-27-22(16-26(20)36-25)33-29(38-27)17-12-13-24-19(14-17)18-8-5-6-10-23(18)35-24/h5-16,32,34H,1-4H3. The minimum absolute atomic E-state index is 0.369. The van der Waals surface area contributed by atoms with E-state index in [9.17, 15) is 5.11 Å². The third-order valence-corrected chi connectivity index (χ3v) is 8.84. The Kier molecular flexibility index (Phi) is 5.05. The van der Waals surface area contributed by atoms with Gasteiger partial charge >= 0.3 is 7.48 Å². The van der Waals surface area contributed by atoms with Gasteiger partial charge in [0, 0.05) is 33.2 Å². The predicted molar refractivity (Wildman–Crippen MR) is 158 cm³/mol. The topological polar surface area (TPSA) is 68.6 Å². The van der Waals surface area contributed by atoms with Crippen molar-refractivity contribution in [3.8, 4) is 10.6 Å². The van der Waals surface area contributed by atoms with Gasteiger partial charge in [-0.3, -0.25) is 0 Å². The third kappa shape index (κ3) is 3.65. The second-order valence-electron chi connectivity index (χ2n) is 10.9. The maximum atomic E-state index is 10.5. The van der Waals surface area contributed by atoms with Gasteiger partial charge in [-0.15, -0.1) is 11.3 Å². The highest BCUT2D eigenvalue weighted by Crippen LogP contribution is 2.38. The van der Waals surface area contributed by atoms with Crippen LogP contribution in [0.15, 0.2) is 81.6 Å². The Morgan fingerprint density at radius 1 is 0.789 bits per heavy atom. The summed E-state index contributed by atoms with van der Waals surface area (Å²) in [6, 6.07) is 24.6. The Morgan fingerprint density at radius 3 is 2.39 bits per heavy atom. The van der Waals surface area contributed by atoms with Gasteiger partial charge < -0.3 is 18.6 Å². The van der Waals surface area contributed by atoms with E-state index in [1.54, 1.807) is 25.2 Å². The van der Waals surface area contributed by atoms with Gasteiger partial charge in [-0.05, 0) is 69.6 Å². The van der Waals surface area contributed by atoms with Crippen molar-refractivity contribution < 1.29 is 18.6 Å². The van der Waals surface area contributed by atoms with Crippen molar-refractivity contribution in [2.75, 3.05) is 0 Å². The van der Waals surface area contributed by atoms with Gasteiger partial charge in [-0.25, -0.2) is 4.98 Å². The van der Waals surface area contributed by atoms with E-state index < -0.39 is 11.2 Å². The van der Waals surface area contributed by atoms with Crippen molar-refractivity contribution in [2.45, 2.75) is 38.9 Å². The molecule has 0 fully saturated rings. The number of aromatic nitrogens is 1. The van der Waals surface area contributed by atoms with Crippen molar-refractivity contribution in [3.05, 3.63) is 72.8 Å². The quantitative estimate of drug-likeness (QED) is 0.242. The molecule has 7 rings (SSSR count). The first-order valence-corrected chi connectivity index (χ1v) is 13.5. The zero-order chi connectivity index (χ0) is 26.2. The van der Waals surface area contributed by atoms with Crippen LogP contribution in [0.25, 0.3) is 64.7 Å². The number of rotatable bonds is 5. The lowest BCUT2D eigenvalue weighted by Crippen LogP contribution is -2.49. The number of aliphatic hydroxyl groups is 1. The van der Waals surface area contributed by atoms with E-state index in [4.69, 9.17) is 18.5 Å². The molecule has 0 aliphatic rings. The molecule has 5 nitrogen and oxygen atoms in total. The second kappa shape index (κ2) is 8.17. The third-order valence-electron chi connectivity index (χ3n) is 7.78. The molecular weight excluding hydrogens is 493 g/mol. The van der Waals surface area contributed by atoms with Crippen molar-refractivity contribution in [1.29, 1.82) is 0 Å². The van der Waals surface area contributed by atoms with Crippen molar-refractivity contribution in [2.24, 2.45) is 0 Å². The van der Waals surface area contributed by atoms with E-state index in [1.807, 2.05) is 56.3 Å². The first kappa shape index (κ1) is 23.5. The number of furan rings is 2. The minimum atomic E-state index is -0.976. The maximum absolute atomic E-state index is 10.5. The molecule has 0 atom stereocenters. The molecule has 0 radical (unpaired) electrons. The Bertz CT molecular complexity index is 2010. The minimum Gasteiger partial charge on any atom is -0.456 e. The molecular formula is C31H26BNO4S. The molecule has 0 amide bonds. The number of para-hydroxylation sites is 1. The Morgan fingerprint density at radius 2 is 1.55 bits per heavy atom. The lowest BCUT2D eigenvalue weighted by atomic mass is 9.80. The normalized spacial score (nSPS) is 13.0. The maximum Gasteiger partial charge on any atom is 0.310 e. The van der Waals surface area contributed by atoms with E-state index in [1.165, 1.54) is 0 Å². The average Bonchev–Trinajstić information content (AvgIpc) is 3.57. The largest absolute Gasteiger partial charge is 0.456 e. The van der Waals surface area contributed by atoms with Crippen LogP contribution >= 0.6 is 11.3 Å². The van der Waals surface area contributed by atoms with Crippen LogP contribution in [0.4, 0.5) is 0 Å². The van der Waals surface area contributed by atoms with Crippen molar-refractivity contribution in [3.63, 3.8) is 0 Å². The molecule has 7 aromatic rings. The summed E-state index contributed by atoms with van der Waals surface area (Å²) in [6.45, 7) is 7.36. The van der Waals surface area contributed by atoms with E-state index in [-0.39, 0.29) is 0 Å². The van der Waals surface area contributed by atoms with E-state index in [0.717, 1.165) is 70.1 Å². The summed E-state index contributed by atoms with van der Waals surface area (Å²) in [5.41, 5.74) is 4.70. The Balaban J connectivity index is 1.32. The number of hydrogen-bond donors (Lipinski definition) is 1. The summed E-state index contributed by atoms with van der Waals surface area (Å²) in [4.78, 5) is 4.97. The van der Waals surface area contributed by atoms with Crippen LogP contribution in [-0.2, 0) is 4.65 Å². The summed E-state index contributed by atoms with van der Waals surface area (Å²) < 4.78 is 19.6. The van der Waals surface area contributed by atoms with Crippen LogP contribution in [0.1, 0.15) is 27.7 Å². The average molecular weight is 519 g/mol. The number of nitrogens with zero attached hydrogens (tertiary/aromatic N) is 1. The molecule has 7 heteroatoms. The lowest BCUT2D eigenvalue weighted by molar-refractivity contribution is -0.0893. The van der Waals surface area contributed by atoms with Gasteiger partial charge in [0.05, 0.1) is 21.4 Å². The zero-order valence-electron chi connectivity index (χ0n) is 21.7. The molecule has 0 bridgehead atoms. The van der Waals surface area contributed by atoms with Gasteiger partial charge in [-0.2, -0.15) is 0 Å². The number of fused-ring (bicyclic) bond motifs is 7. The van der Waals surface area contributed by atoms with Gasteiger partial charge in [0.15, 0.2) is 0 Å². The molecule has 3 aromatic heterocycles. The summed E-state index contributed by atoms with van der Waals surface area (Å²) in [5, 5.41) is 15.8. The number of benzene rings is 4. The SMILES string of the molecule is CC(C)(O)C(C)(C)OBc1cccc2oc3cc4nc(-c5ccc6oc7ccccc7c6c5)sc4cc3c12. The van der Waals surface area contributed by atoms with E-state index in [2.05, 4.69) is 30.3 Å². The first-order valence-electron chi connectivity index (χ1n) is 12.7. The predicted octanol–water partition coefficient (Wildman–Crippen LogP) is 7.31. The molecule has 38 heavy (non-hydrogen) atoms. The highest BCUT2D eigenvalue weighted by Gasteiger charge is 2.36. The van der Waals surface area contributed by atoms with Gasteiger partial charge in [0.2, 0.25) is 0 Å². The summed E-state index contributed by atoms with van der Waals surface area (Å²) in [5.74, 6) is 0. The molecule has 1 N–H and O–H groups in total. The molecule has 3 heterocycles. The monoisotopic (exact) mass is 519 g/mol. The first-order chi connectivity index (χ1) is 18.2. The van der Waals surface area contributed by atoms with Crippen LogP contribution in [-0.4, -0.2) is 28.8 Å². The van der Waals surface area contributed by atoms with Gasteiger partial charge in [0.25, 0.3) is 0 Å². The molecule has 0 saturated carbocycles. The van der Waals surface area contributed by atoms with Gasteiger partial charge in [-0.1, -0.05) is 30.3 Å².